The fraction of sp³-hybridized carbons (Fsp3) is 0.842. The number of carbonyl (C=O) groups is 4. The topological polar surface area (TPSA) is 130 Å². The van der Waals surface area contributed by atoms with Crippen molar-refractivity contribution in [2.75, 3.05) is 26.2 Å². The molecule has 284 valence electrons. The van der Waals surface area contributed by atoms with Gasteiger partial charge in [0, 0.05) is 44.3 Å². The van der Waals surface area contributed by atoms with Gasteiger partial charge in [-0.25, -0.2) is 14.0 Å². The number of alkyl halides is 1. The van der Waals surface area contributed by atoms with Crippen molar-refractivity contribution in [3.8, 4) is 0 Å². The van der Waals surface area contributed by atoms with Crippen LogP contribution in [0.15, 0.2) is 11.8 Å². The number of nitrogens with one attached hydrogen (secondary N) is 2. The SMILES string of the molecule is CC(C)(C)OC(=O)N[C@@H]1CCN(C(=O)C2=CN3C4CCC5CCCCC5C4OC4C(N5CC[C@@H](NC(=O)OC(C)(C)C)C5)C(F)CC(C2=O)C43)C1. The lowest BCUT2D eigenvalue weighted by molar-refractivity contribution is -0.231. The van der Waals surface area contributed by atoms with Crippen LogP contribution in [-0.2, 0) is 23.8 Å². The van der Waals surface area contributed by atoms with E-state index in [9.17, 15) is 19.2 Å². The molecule has 9 unspecified atom stereocenters. The second kappa shape index (κ2) is 13.8. The monoisotopic (exact) mass is 715 g/mol. The third-order valence-electron chi connectivity index (χ3n) is 12.2. The Labute approximate surface area is 301 Å². The molecular formula is C38H58FN5O7. The molecular weight excluding hydrogens is 657 g/mol. The molecule has 11 atom stereocenters. The number of nitrogens with zero attached hydrogens (tertiary/aromatic N) is 3. The molecule has 7 rings (SSSR count). The summed E-state index contributed by atoms with van der Waals surface area (Å²) in [5, 5.41) is 5.84. The summed E-state index contributed by atoms with van der Waals surface area (Å²) in [5.41, 5.74) is -1.14. The first-order valence-electron chi connectivity index (χ1n) is 19.4. The summed E-state index contributed by atoms with van der Waals surface area (Å²) in [7, 11) is 0. The molecule has 3 aliphatic carbocycles. The first-order valence-corrected chi connectivity index (χ1v) is 19.4. The molecule has 3 amide bonds. The average molecular weight is 716 g/mol. The van der Waals surface area contributed by atoms with Crippen LogP contribution in [0.1, 0.15) is 99.3 Å². The van der Waals surface area contributed by atoms with Crippen LogP contribution in [-0.4, -0.2) is 125 Å². The van der Waals surface area contributed by atoms with Crippen LogP contribution in [0.4, 0.5) is 14.0 Å². The second-order valence-corrected chi connectivity index (χ2v) is 18.1. The largest absolute Gasteiger partial charge is 0.444 e. The summed E-state index contributed by atoms with van der Waals surface area (Å²) in [6.45, 7) is 12.6. The maximum Gasteiger partial charge on any atom is 0.407 e. The lowest BCUT2D eigenvalue weighted by Gasteiger charge is -2.62. The Bertz CT molecular complexity index is 1410. The molecule has 0 aromatic carbocycles. The van der Waals surface area contributed by atoms with Crippen molar-refractivity contribution < 1.29 is 37.8 Å². The maximum absolute atomic E-state index is 16.7. The van der Waals surface area contributed by atoms with Gasteiger partial charge < -0.3 is 34.6 Å². The van der Waals surface area contributed by atoms with Crippen molar-refractivity contribution in [1.29, 1.82) is 0 Å². The minimum atomic E-state index is -1.34. The fourth-order valence-corrected chi connectivity index (χ4v) is 10.3. The van der Waals surface area contributed by atoms with Gasteiger partial charge in [0.25, 0.3) is 5.91 Å². The van der Waals surface area contributed by atoms with Gasteiger partial charge in [-0.1, -0.05) is 19.3 Å². The zero-order valence-electron chi connectivity index (χ0n) is 31.2. The molecule has 12 nitrogen and oxygen atoms in total. The number of morpholine rings is 1. The number of ether oxygens (including phenoxy) is 3. The van der Waals surface area contributed by atoms with Crippen LogP contribution in [0.25, 0.3) is 0 Å². The molecule has 0 radical (unpaired) electrons. The number of carbonyl (C=O) groups excluding carboxylic acids is 4. The average Bonchev–Trinajstić information content (AvgIpc) is 3.69. The standard InChI is InChI=1S/C38H58FN5O7/c1-37(2,3)50-35(47)40-22-13-15-42(18-22)30-27(39)17-25-29-33(30)49-32-24-10-8-7-9-21(24)11-12-28(32)44(29)20-26(31(25)45)34(46)43-16-14-23(19-43)41-36(48)51-38(4,5)6/h20-25,27-30,32-33H,7-19H2,1-6H3,(H,40,47)(H,41,48)/t21?,22-,23-,24?,25?,27?,28?,29?,30?,32?,33?/m1/s1. The van der Waals surface area contributed by atoms with Crippen LogP contribution >= 0.6 is 0 Å². The summed E-state index contributed by atoms with van der Waals surface area (Å²) in [4.78, 5) is 59.5. The van der Waals surface area contributed by atoms with Crippen molar-refractivity contribution in [2.45, 2.75) is 159 Å². The molecule has 7 aliphatic rings. The summed E-state index contributed by atoms with van der Waals surface area (Å²) < 4.78 is 34.8. The minimum absolute atomic E-state index is 0.0149. The Kier molecular flexibility index (Phi) is 9.86. The molecule has 0 spiro atoms. The van der Waals surface area contributed by atoms with Crippen molar-refractivity contribution >= 4 is 23.9 Å². The predicted molar refractivity (Wildman–Crippen MR) is 186 cm³/mol. The van der Waals surface area contributed by atoms with E-state index in [0.29, 0.717) is 44.3 Å². The van der Waals surface area contributed by atoms with Gasteiger partial charge in [-0.3, -0.25) is 14.5 Å². The number of Topliss-reactive ketones (excluding diaryl/α,β-unsaturated/α-hetero) is 1. The number of fused-ring (bicyclic) bond motifs is 4. The Hall–Kier alpha value is -2.93. The number of ketones is 1. The third kappa shape index (κ3) is 7.48. The highest BCUT2D eigenvalue weighted by Gasteiger charge is 2.62. The number of rotatable bonds is 4. The summed E-state index contributed by atoms with van der Waals surface area (Å²) in [6.07, 6.45) is 6.66. The van der Waals surface area contributed by atoms with Crippen molar-refractivity contribution in [2.24, 2.45) is 17.8 Å². The lowest BCUT2D eigenvalue weighted by atomic mass is 9.64. The van der Waals surface area contributed by atoms with E-state index in [1.165, 1.54) is 12.8 Å². The maximum atomic E-state index is 16.7. The quantitative estimate of drug-likeness (QED) is 0.409. The van der Waals surface area contributed by atoms with Crippen LogP contribution < -0.4 is 10.6 Å². The first kappa shape index (κ1) is 36.4. The molecule has 4 heterocycles. The molecule has 0 aromatic rings. The normalized spacial score (nSPS) is 38.2. The number of alkyl carbamates (subject to hydrolysis) is 2. The van der Waals surface area contributed by atoms with Crippen molar-refractivity contribution in [3.05, 3.63) is 11.8 Å². The molecule has 6 fully saturated rings. The summed E-state index contributed by atoms with van der Waals surface area (Å²) in [5.74, 6) is -0.436. The number of hydrogen-bond donors (Lipinski definition) is 2. The lowest BCUT2D eigenvalue weighted by Crippen LogP contribution is -2.74. The van der Waals surface area contributed by atoms with Gasteiger partial charge in [0.15, 0.2) is 5.78 Å². The van der Waals surface area contributed by atoms with Crippen LogP contribution in [0, 0.1) is 17.8 Å². The van der Waals surface area contributed by atoms with E-state index in [4.69, 9.17) is 14.2 Å². The fourth-order valence-electron chi connectivity index (χ4n) is 10.3. The zero-order chi connectivity index (χ0) is 36.4. The van der Waals surface area contributed by atoms with Gasteiger partial charge >= 0.3 is 12.2 Å². The predicted octanol–water partition coefficient (Wildman–Crippen LogP) is 4.31. The van der Waals surface area contributed by atoms with Crippen LogP contribution in [0.2, 0.25) is 0 Å². The van der Waals surface area contributed by atoms with Gasteiger partial charge in [0.1, 0.15) is 17.4 Å². The molecule has 3 saturated carbocycles. The van der Waals surface area contributed by atoms with E-state index in [1.54, 1.807) is 25.7 Å². The Morgan fingerprint density at radius 1 is 0.824 bits per heavy atom. The highest BCUT2D eigenvalue weighted by Crippen LogP contribution is 2.51. The molecule has 13 heteroatoms. The first-order chi connectivity index (χ1) is 24.1. The summed E-state index contributed by atoms with van der Waals surface area (Å²) in [6, 6.07) is -1.39. The Balaban J connectivity index is 1.13. The van der Waals surface area contributed by atoms with Gasteiger partial charge in [-0.15, -0.1) is 0 Å². The molecule has 0 bridgehead atoms. The van der Waals surface area contributed by atoms with Gasteiger partial charge in [-0.05, 0) is 91.9 Å². The minimum Gasteiger partial charge on any atom is -0.444 e. The molecule has 0 aromatic heterocycles. The van der Waals surface area contributed by atoms with E-state index in [1.807, 2.05) is 27.0 Å². The van der Waals surface area contributed by atoms with Crippen molar-refractivity contribution in [1.82, 2.24) is 25.3 Å². The number of halogens is 1. The number of hydrogen-bond acceptors (Lipinski definition) is 9. The highest BCUT2D eigenvalue weighted by atomic mass is 19.1. The van der Waals surface area contributed by atoms with Crippen molar-refractivity contribution in [3.63, 3.8) is 0 Å². The number of amides is 3. The van der Waals surface area contributed by atoms with E-state index >= 15 is 4.39 Å². The Morgan fingerprint density at radius 3 is 2.16 bits per heavy atom. The molecule has 4 aliphatic heterocycles. The van der Waals surface area contributed by atoms with Gasteiger partial charge in [0.05, 0.1) is 41.9 Å². The third-order valence-corrected chi connectivity index (χ3v) is 12.2. The summed E-state index contributed by atoms with van der Waals surface area (Å²) >= 11 is 0. The second-order valence-electron chi connectivity index (χ2n) is 18.1. The van der Waals surface area contributed by atoms with E-state index in [0.717, 1.165) is 25.7 Å². The van der Waals surface area contributed by atoms with E-state index < -0.39 is 47.6 Å². The molecule has 3 saturated heterocycles. The molecule has 51 heavy (non-hydrogen) atoms. The van der Waals surface area contributed by atoms with Crippen LogP contribution in [0.5, 0.6) is 0 Å². The zero-order valence-corrected chi connectivity index (χ0v) is 31.2. The van der Waals surface area contributed by atoms with Gasteiger partial charge in [-0.2, -0.15) is 0 Å². The van der Waals surface area contributed by atoms with Crippen LogP contribution in [0.3, 0.4) is 0 Å². The Morgan fingerprint density at radius 2 is 1.47 bits per heavy atom. The van der Waals surface area contributed by atoms with E-state index in [-0.39, 0.29) is 60.5 Å². The van der Waals surface area contributed by atoms with Gasteiger partial charge in [0.2, 0.25) is 0 Å². The van der Waals surface area contributed by atoms with E-state index in [2.05, 4.69) is 20.4 Å². The highest BCUT2D eigenvalue weighted by molar-refractivity contribution is 6.20. The molecule has 2 N–H and O–H groups in total. The number of likely N-dealkylation sites (tertiary alicyclic amines) is 2. The smallest absolute Gasteiger partial charge is 0.407 e.